The summed E-state index contributed by atoms with van der Waals surface area (Å²) in [5.74, 6) is -0.204. The van der Waals surface area contributed by atoms with Crippen molar-refractivity contribution in [3.05, 3.63) is 48.0 Å². The number of ether oxygens (including phenoxy) is 1. The minimum atomic E-state index is -0.204. The summed E-state index contributed by atoms with van der Waals surface area (Å²) in [6.07, 6.45) is 0.927. The van der Waals surface area contributed by atoms with Crippen LogP contribution >= 0.6 is 0 Å². The fourth-order valence-corrected chi connectivity index (χ4v) is 3.33. The third kappa shape index (κ3) is 3.91. The fraction of sp³-hybridized carbons (Fsp3) is 0.450. The molecule has 2 aromatic carbocycles. The Bertz CT molecular complexity index is 697. The van der Waals surface area contributed by atoms with Gasteiger partial charge in [-0.1, -0.05) is 57.2 Å². The number of carbonyl (C=O) groups excluding carboxylic acids is 1. The maximum atomic E-state index is 12.6. The Morgan fingerprint density at radius 1 is 1.17 bits per heavy atom. The maximum absolute atomic E-state index is 12.6. The zero-order valence-electron chi connectivity index (χ0n) is 14.2. The first kappa shape index (κ1) is 16.0. The van der Waals surface area contributed by atoms with Crippen molar-refractivity contribution in [2.24, 2.45) is 5.41 Å². The molecular weight excluding hydrogens is 286 g/mol. The molecule has 0 N–H and O–H groups in total. The summed E-state index contributed by atoms with van der Waals surface area (Å²) in [5.41, 5.74) is 0.937. The van der Waals surface area contributed by atoms with E-state index in [-0.39, 0.29) is 17.5 Å². The summed E-state index contributed by atoms with van der Waals surface area (Å²) in [6, 6.07) is 13.7. The lowest BCUT2D eigenvalue weighted by atomic mass is 9.96. The maximum Gasteiger partial charge on any atom is 0.339 e. The lowest BCUT2D eigenvalue weighted by molar-refractivity contribution is 0.0318. The first-order chi connectivity index (χ1) is 10.9. The fourth-order valence-electron chi connectivity index (χ4n) is 3.33. The summed E-state index contributed by atoms with van der Waals surface area (Å²) >= 11 is 0. The average molecular weight is 311 g/mol. The van der Waals surface area contributed by atoms with E-state index in [4.69, 9.17) is 4.74 Å². The van der Waals surface area contributed by atoms with E-state index in [9.17, 15) is 4.79 Å². The zero-order chi connectivity index (χ0) is 16.4. The Hall–Kier alpha value is -1.87. The highest BCUT2D eigenvalue weighted by molar-refractivity contribution is 6.04. The van der Waals surface area contributed by atoms with E-state index in [1.54, 1.807) is 0 Å². The first-order valence-corrected chi connectivity index (χ1v) is 8.33. The van der Waals surface area contributed by atoms with Gasteiger partial charge in [0.25, 0.3) is 0 Å². The Morgan fingerprint density at radius 3 is 2.70 bits per heavy atom. The number of hydrogen-bond donors (Lipinski definition) is 0. The van der Waals surface area contributed by atoms with Crippen molar-refractivity contribution in [2.45, 2.75) is 33.3 Å². The Morgan fingerprint density at radius 2 is 1.91 bits per heavy atom. The summed E-state index contributed by atoms with van der Waals surface area (Å²) in [6.45, 7) is 9.60. The van der Waals surface area contributed by atoms with Crippen molar-refractivity contribution in [1.82, 2.24) is 4.90 Å². The van der Waals surface area contributed by atoms with Crippen molar-refractivity contribution >= 4 is 16.7 Å². The van der Waals surface area contributed by atoms with Crippen LogP contribution in [0.1, 0.15) is 37.6 Å². The SMILES string of the molecule is CC(C)(C)CN1CCC(OC(=O)c2cccc3ccccc23)C1. The molecule has 0 saturated carbocycles. The minimum absolute atomic E-state index is 0.00354. The summed E-state index contributed by atoms with van der Waals surface area (Å²) in [7, 11) is 0. The molecular formula is C20H25NO2. The van der Waals surface area contributed by atoms with E-state index < -0.39 is 0 Å². The Kier molecular flexibility index (Phi) is 4.40. The molecule has 1 fully saturated rings. The van der Waals surface area contributed by atoms with Crippen LogP contribution in [-0.2, 0) is 4.74 Å². The van der Waals surface area contributed by atoms with Gasteiger partial charge in [-0.25, -0.2) is 4.79 Å². The van der Waals surface area contributed by atoms with Crippen LogP contribution in [0.25, 0.3) is 10.8 Å². The number of likely N-dealkylation sites (tertiary alicyclic amines) is 1. The average Bonchev–Trinajstić information content (AvgIpc) is 2.91. The van der Waals surface area contributed by atoms with Gasteiger partial charge in [-0.3, -0.25) is 4.90 Å². The molecule has 1 aliphatic heterocycles. The van der Waals surface area contributed by atoms with E-state index >= 15 is 0 Å². The molecule has 2 aromatic rings. The standard InChI is InChI=1S/C20H25NO2/c1-20(2,3)14-21-12-11-16(13-21)23-19(22)18-10-6-8-15-7-4-5-9-17(15)18/h4-10,16H,11-14H2,1-3H3. The number of esters is 1. The second-order valence-electron chi connectivity index (χ2n) is 7.64. The first-order valence-electron chi connectivity index (χ1n) is 8.33. The zero-order valence-corrected chi connectivity index (χ0v) is 14.2. The molecule has 1 unspecified atom stereocenters. The van der Waals surface area contributed by atoms with Gasteiger partial charge in [-0.2, -0.15) is 0 Å². The smallest absolute Gasteiger partial charge is 0.339 e. The van der Waals surface area contributed by atoms with Gasteiger partial charge in [0.05, 0.1) is 5.56 Å². The molecule has 122 valence electrons. The van der Waals surface area contributed by atoms with Crippen LogP contribution in [-0.4, -0.2) is 36.6 Å². The van der Waals surface area contributed by atoms with Crippen LogP contribution in [0, 0.1) is 5.41 Å². The Balaban J connectivity index is 1.68. The predicted molar refractivity (Wildman–Crippen MR) is 93.7 cm³/mol. The van der Waals surface area contributed by atoms with Crippen LogP contribution in [0.15, 0.2) is 42.5 Å². The molecule has 3 nitrogen and oxygen atoms in total. The topological polar surface area (TPSA) is 29.5 Å². The molecule has 1 aliphatic rings. The molecule has 1 atom stereocenters. The number of rotatable bonds is 3. The second kappa shape index (κ2) is 6.32. The molecule has 23 heavy (non-hydrogen) atoms. The van der Waals surface area contributed by atoms with Gasteiger partial charge >= 0.3 is 5.97 Å². The molecule has 0 aliphatic carbocycles. The van der Waals surface area contributed by atoms with Crippen LogP contribution in [0.3, 0.4) is 0 Å². The lowest BCUT2D eigenvalue weighted by Crippen LogP contribution is -2.32. The van der Waals surface area contributed by atoms with Gasteiger partial charge in [-0.05, 0) is 28.7 Å². The van der Waals surface area contributed by atoms with Gasteiger partial charge in [-0.15, -0.1) is 0 Å². The number of nitrogens with zero attached hydrogens (tertiary/aromatic N) is 1. The van der Waals surface area contributed by atoms with Crippen LogP contribution in [0.2, 0.25) is 0 Å². The number of fused-ring (bicyclic) bond motifs is 1. The number of hydrogen-bond acceptors (Lipinski definition) is 3. The van der Waals surface area contributed by atoms with Gasteiger partial charge in [0, 0.05) is 19.6 Å². The Labute approximate surface area is 138 Å². The van der Waals surface area contributed by atoms with Crippen molar-refractivity contribution in [3.8, 4) is 0 Å². The highest BCUT2D eigenvalue weighted by Gasteiger charge is 2.28. The van der Waals surface area contributed by atoms with Crippen molar-refractivity contribution in [3.63, 3.8) is 0 Å². The molecule has 3 heteroatoms. The molecule has 0 bridgehead atoms. The normalized spacial score (nSPS) is 19.2. The van der Waals surface area contributed by atoms with Crippen LogP contribution < -0.4 is 0 Å². The predicted octanol–water partition coefficient (Wildman–Crippen LogP) is 4.12. The quantitative estimate of drug-likeness (QED) is 0.799. The molecule has 1 heterocycles. The van der Waals surface area contributed by atoms with Gasteiger partial charge in [0.1, 0.15) is 6.10 Å². The second-order valence-corrected chi connectivity index (χ2v) is 7.64. The van der Waals surface area contributed by atoms with Crippen LogP contribution in [0.5, 0.6) is 0 Å². The monoisotopic (exact) mass is 311 g/mol. The summed E-state index contributed by atoms with van der Waals surface area (Å²) < 4.78 is 5.77. The third-order valence-electron chi connectivity index (χ3n) is 4.21. The van der Waals surface area contributed by atoms with Crippen molar-refractivity contribution in [1.29, 1.82) is 0 Å². The number of carbonyl (C=O) groups is 1. The van der Waals surface area contributed by atoms with Crippen molar-refractivity contribution < 1.29 is 9.53 Å². The highest BCUT2D eigenvalue weighted by atomic mass is 16.5. The van der Waals surface area contributed by atoms with Gasteiger partial charge in [0.2, 0.25) is 0 Å². The van der Waals surface area contributed by atoms with Gasteiger partial charge < -0.3 is 4.74 Å². The molecule has 0 amide bonds. The molecule has 0 aromatic heterocycles. The summed E-state index contributed by atoms with van der Waals surface area (Å²) in [5, 5.41) is 2.03. The molecule has 1 saturated heterocycles. The largest absolute Gasteiger partial charge is 0.457 e. The molecule has 3 rings (SSSR count). The third-order valence-corrected chi connectivity index (χ3v) is 4.21. The number of benzene rings is 2. The van der Waals surface area contributed by atoms with E-state index in [2.05, 4.69) is 25.7 Å². The van der Waals surface area contributed by atoms with E-state index in [0.29, 0.717) is 5.56 Å². The van der Waals surface area contributed by atoms with E-state index in [1.165, 1.54) is 0 Å². The highest BCUT2D eigenvalue weighted by Crippen LogP contribution is 2.23. The van der Waals surface area contributed by atoms with Gasteiger partial charge in [0.15, 0.2) is 0 Å². The van der Waals surface area contributed by atoms with E-state index in [0.717, 1.165) is 36.8 Å². The van der Waals surface area contributed by atoms with E-state index in [1.807, 2.05) is 42.5 Å². The minimum Gasteiger partial charge on any atom is -0.457 e. The summed E-state index contributed by atoms with van der Waals surface area (Å²) in [4.78, 5) is 15.0. The lowest BCUT2D eigenvalue weighted by Gasteiger charge is -2.26. The van der Waals surface area contributed by atoms with Crippen LogP contribution in [0.4, 0.5) is 0 Å². The molecule has 0 spiro atoms. The van der Waals surface area contributed by atoms with Crippen molar-refractivity contribution in [2.75, 3.05) is 19.6 Å². The molecule has 0 radical (unpaired) electrons.